The van der Waals surface area contributed by atoms with Gasteiger partial charge in [0, 0.05) is 17.8 Å². The largest absolute Gasteiger partial charge is 0.269 e. The Balaban J connectivity index is 2.28. The van der Waals surface area contributed by atoms with E-state index in [4.69, 9.17) is 0 Å². The molecular formula is C16H14N2O. The second-order valence-corrected chi connectivity index (χ2v) is 4.78. The lowest BCUT2D eigenvalue weighted by molar-refractivity contribution is 1.04. The predicted molar refractivity (Wildman–Crippen MR) is 76.4 cm³/mol. The van der Waals surface area contributed by atoms with Gasteiger partial charge in [-0.25, -0.2) is 4.98 Å². The average molecular weight is 250 g/mol. The van der Waals surface area contributed by atoms with Gasteiger partial charge in [0.25, 0.3) is 5.56 Å². The zero-order valence-corrected chi connectivity index (χ0v) is 10.9. The van der Waals surface area contributed by atoms with E-state index in [0.717, 1.165) is 22.4 Å². The van der Waals surface area contributed by atoms with Crippen molar-refractivity contribution in [3.8, 4) is 11.3 Å². The third-order valence-corrected chi connectivity index (χ3v) is 3.14. The molecule has 0 aliphatic rings. The van der Waals surface area contributed by atoms with Gasteiger partial charge in [-0.15, -0.1) is 0 Å². The van der Waals surface area contributed by atoms with Gasteiger partial charge in [-0.05, 0) is 37.6 Å². The molecule has 94 valence electrons. The zero-order valence-electron chi connectivity index (χ0n) is 10.9. The van der Waals surface area contributed by atoms with E-state index in [9.17, 15) is 4.79 Å². The molecule has 3 aromatic rings. The molecule has 2 aromatic heterocycles. The summed E-state index contributed by atoms with van der Waals surface area (Å²) in [6.07, 6.45) is 1.76. The molecule has 0 saturated carbocycles. The van der Waals surface area contributed by atoms with E-state index in [-0.39, 0.29) is 5.56 Å². The van der Waals surface area contributed by atoms with Crippen LogP contribution in [-0.2, 0) is 0 Å². The molecule has 3 rings (SSSR count). The van der Waals surface area contributed by atoms with Gasteiger partial charge in [0.05, 0.1) is 5.69 Å². The van der Waals surface area contributed by atoms with E-state index in [1.807, 2.05) is 50.2 Å². The maximum atomic E-state index is 12.1. The van der Waals surface area contributed by atoms with E-state index in [1.165, 1.54) is 0 Å². The fourth-order valence-corrected chi connectivity index (χ4v) is 2.16. The van der Waals surface area contributed by atoms with Crippen LogP contribution in [-0.4, -0.2) is 9.38 Å². The monoisotopic (exact) mass is 250 g/mol. The molecule has 0 saturated heterocycles. The number of benzene rings is 1. The number of nitrogens with zero attached hydrogens (tertiary/aromatic N) is 2. The number of aromatic nitrogens is 2. The van der Waals surface area contributed by atoms with Crippen molar-refractivity contribution in [2.75, 3.05) is 0 Å². The van der Waals surface area contributed by atoms with Crippen molar-refractivity contribution < 1.29 is 0 Å². The van der Waals surface area contributed by atoms with Crippen LogP contribution in [0.5, 0.6) is 0 Å². The highest BCUT2D eigenvalue weighted by molar-refractivity contribution is 5.62. The van der Waals surface area contributed by atoms with Gasteiger partial charge in [0.15, 0.2) is 0 Å². The fourth-order valence-electron chi connectivity index (χ4n) is 2.16. The highest BCUT2D eigenvalue weighted by Crippen LogP contribution is 2.17. The summed E-state index contributed by atoms with van der Waals surface area (Å²) < 4.78 is 1.56. The summed E-state index contributed by atoms with van der Waals surface area (Å²) >= 11 is 0. The molecule has 3 nitrogen and oxygen atoms in total. The summed E-state index contributed by atoms with van der Waals surface area (Å²) in [5, 5.41) is 0. The summed E-state index contributed by atoms with van der Waals surface area (Å²) in [6, 6.07) is 13.4. The minimum atomic E-state index is -0.0542. The first-order valence-corrected chi connectivity index (χ1v) is 6.20. The Morgan fingerprint density at radius 2 is 1.79 bits per heavy atom. The normalized spacial score (nSPS) is 10.8. The van der Waals surface area contributed by atoms with Crippen LogP contribution >= 0.6 is 0 Å². The summed E-state index contributed by atoms with van der Waals surface area (Å²) in [5.74, 6) is 0. The van der Waals surface area contributed by atoms with Crippen molar-refractivity contribution in [1.82, 2.24) is 9.38 Å². The molecule has 0 radical (unpaired) electrons. The average Bonchev–Trinajstić information content (AvgIpc) is 2.38. The number of aryl methyl sites for hydroxylation is 2. The van der Waals surface area contributed by atoms with Crippen LogP contribution in [0.3, 0.4) is 0 Å². The van der Waals surface area contributed by atoms with Gasteiger partial charge in [-0.2, -0.15) is 0 Å². The molecular weight excluding hydrogens is 236 g/mol. The van der Waals surface area contributed by atoms with Crippen LogP contribution in [0.15, 0.2) is 53.5 Å². The molecule has 0 fully saturated rings. The quantitative estimate of drug-likeness (QED) is 0.665. The van der Waals surface area contributed by atoms with E-state index in [1.54, 1.807) is 16.7 Å². The van der Waals surface area contributed by atoms with Crippen LogP contribution in [0.25, 0.3) is 16.9 Å². The summed E-state index contributed by atoms with van der Waals surface area (Å²) in [5.41, 5.74) is 4.57. The first kappa shape index (κ1) is 11.7. The molecule has 0 aliphatic carbocycles. The van der Waals surface area contributed by atoms with E-state index < -0.39 is 0 Å². The molecule has 0 bridgehead atoms. The second-order valence-electron chi connectivity index (χ2n) is 4.78. The SMILES string of the molecule is Cc1cccc(-c2cc(=O)n3ccc(C)cc3n2)c1. The third-order valence-electron chi connectivity index (χ3n) is 3.14. The minimum absolute atomic E-state index is 0.0542. The van der Waals surface area contributed by atoms with Crippen molar-refractivity contribution in [3.63, 3.8) is 0 Å². The number of pyridine rings is 1. The number of rotatable bonds is 1. The van der Waals surface area contributed by atoms with E-state index in [0.29, 0.717) is 5.65 Å². The molecule has 1 aromatic carbocycles. The first-order valence-electron chi connectivity index (χ1n) is 6.20. The predicted octanol–water partition coefficient (Wildman–Crippen LogP) is 2.98. The van der Waals surface area contributed by atoms with Gasteiger partial charge < -0.3 is 0 Å². The Morgan fingerprint density at radius 1 is 1.00 bits per heavy atom. The molecule has 0 N–H and O–H groups in total. The molecule has 0 spiro atoms. The molecule has 2 heterocycles. The number of hydrogen-bond acceptors (Lipinski definition) is 2. The lowest BCUT2D eigenvalue weighted by Gasteiger charge is -2.05. The van der Waals surface area contributed by atoms with Crippen molar-refractivity contribution in [2.24, 2.45) is 0 Å². The third kappa shape index (κ3) is 2.15. The van der Waals surface area contributed by atoms with E-state index in [2.05, 4.69) is 4.98 Å². The summed E-state index contributed by atoms with van der Waals surface area (Å²) in [6.45, 7) is 4.02. The van der Waals surface area contributed by atoms with Crippen LogP contribution in [0.2, 0.25) is 0 Å². The Morgan fingerprint density at radius 3 is 2.58 bits per heavy atom. The van der Waals surface area contributed by atoms with Crippen LogP contribution in [0.1, 0.15) is 11.1 Å². The zero-order chi connectivity index (χ0) is 13.4. The molecule has 0 atom stereocenters. The van der Waals surface area contributed by atoms with Crippen molar-refractivity contribution in [1.29, 1.82) is 0 Å². The summed E-state index contributed by atoms with van der Waals surface area (Å²) in [7, 11) is 0. The summed E-state index contributed by atoms with van der Waals surface area (Å²) in [4.78, 5) is 16.7. The molecule has 0 unspecified atom stereocenters. The van der Waals surface area contributed by atoms with Gasteiger partial charge in [0.2, 0.25) is 0 Å². The Bertz CT molecular complexity index is 818. The van der Waals surface area contributed by atoms with Crippen molar-refractivity contribution >= 4 is 5.65 Å². The topological polar surface area (TPSA) is 34.4 Å². The lowest BCUT2D eigenvalue weighted by atomic mass is 10.1. The van der Waals surface area contributed by atoms with Gasteiger partial charge in [-0.3, -0.25) is 9.20 Å². The van der Waals surface area contributed by atoms with Crippen molar-refractivity contribution in [3.05, 3.63) is 70.1 Å². The highest BCUT2D eigenvalue weighted by atomic mass is 16.1. The van der Waals surface area contributed by atoms with E-state index >= 15 is 0 Å². The van der Waals surface area contributed by atoms with Gasteiger partial charge in [0.1, 0.15) is 5.65 Å². The maximum Gasteiger partial charge on any atom is 0.258 e. The van der Waals surface area contributed by atoms with Crippen molar-refractivity contribution in [2.45, 2.75) is 13.8 Å². The molecule has 0 aliphatic heterocycles. The Labute approximate surface area is 111 Å². The molecule has 3 heteroatoms. The van der Waals surface area contributed by atoms with Crippen LogP contribution in [0.4, 0.5) is 0 Å². The lowest BCUT2D eigenvalue weighted by Crippen LogP contribution is -2.14. The highest BCUT2D eigenvalue weighted by Gasteiger charge is 2.04. The van der Waals surface area contributed by atoms with Crippen LogP contribution in [0, 0.1) is 13.8 Å². The smallest absolute Gasteiger partial charge is 0.258 e. The number of fused-ring (bicyclic) bond motifs is 1. The fraction of sp³-hybridized carbons (Fsp3) is 0.125. The minimum Gasteiger partial charge on any atom is -0.269 e. The van der Waals surface area contributed by atoms with Gasteiger partial charge >= 0.3 is 0 Å². The van der Waals surface area contributed by atoms with Gasteiger partial charge in [-0.1, -0.05) is 23.8 Å². The first-order chi connectivity index (χ1) is 9.13. The maximum absolute atomic E-state index is 12.1. The Hall–Kier alpha value is -2.42. The standard InChI is InChI=1S/C16H14N2O/c1-11-4-3-5-13(8-11)14-10-16(19)18-7-6-12(2)9-15(18)17-14/h3-10H,1-2H3. The molecule has 0 amide bonds. The number of hydrogen-bond donors (Lipinski definition) is 0. The second kappa shape index (κ2) is 4.35. The molecule has 19 heavy (non-hydrogen) atoms. The Kier molecular flexibility index (Phi) is 2.67. The van der Waals surface area contributed by atoms with Crippen LogP contribution < -0.4 is 5.56 Å².